The minimum atomic E-state index is -0.818. The molecule has 0 bridgehead atoms. The van der Waals surface area contributed by atoms with Crippen LogP contribution in [0.25, 0.3) is 0 Å². The van der Waals surface area contributed by atoms with Crippen LogP contribution in [-0.4, -0.2) is 37.2 Å². The van der Waals surface area contributed by atoms with Gasteiger partial charge in [0.2, 0.25) is 0 Å². The minimum absolute atomic E-state index is 0.111. The fraction of sp³-hybridized carbons (Fsp3) is 0.721. The summed E-state index contributed by atoms with van der Waals surface area (Å²) in [7, 11) is 0. The molecule has 0 spiro atoms. The van der Waals surface area contributed by atoms with Crippen LogP contribution in [0.1, 0.15) is 265 Å². The Hall–Kier alpha value is -3.41. The predicted octanol–water partition coefficient (Wildman–Crippen LogP) is 18.8. The van der Waals surface area contributed by atoms with Gasteiger partial charge in [0.1, 0.15) is 13.2 Å². The third-order valence-electron chi connectivity index (χ3n) is 11.9. The molecule has 6 heteroatoms. The zero-order valence-corrected chi connectivity index (χ0v) is 43.9. The van der Waals surface area contributed by atoms with E-state index >= 15 is 0 Å². The highest BCUT2D eigenvalue weighted by Crippen LogP contribution is 2.13. The molecule has 0 saturated heterocycles. The van der Waals surface area contributed by atoms with Gasteiger partial charge in [0.05, 0.1) is 0 Å². The standard InChI is InChI=1S/C61H104O6/c1-4-7-10-13-16-19-22-25-28-30-32-33-36-39-42-45-48-51-54-60(63)66-57-58(56-65-59(62)53-50-47-44-41-38-35-27-24-21-18-15-12-9-6-3)67-61(64)55-52-49-46-43-40-37-34-31-29-26-23-20-17-14-11-8-5-2/h17,20,26,28-30,32-35,37-38,43,46,58H,4-16,18-19,21-25,27,31,36,39-42,44-45,47-57H2,1-3H3/b20-17-,29-26-,30-28-,33-32-,37-34-,38-35-,46-43-. The van der Waals surface area contributed by atoms with Gasteiger partial charge in [-0.15, -0.1) is 0 Å². The monoisotopic (exact) mass is 933 g/mol. The van der Waals surface area contributed by atoms with E-state index in [1.165, 1.54) is 122 Å². The molecule has 0 saturated carbocycles. The van der Waals surface area contributed by atoms with E-state index in [9.17, 15) is 14.4 Å². The zero-order valence-electron chi connectivity index (χ0n) is 43.9. The zero-order chi connectivity index (χ0) is 48.6. The number of esters is 3. The molecule has 6 nitrogen and oxygen atoms in total. The van der Waals surface area contributed by atoms with E-state index in [4.69, 9.17) is 14.2 Å². The first kappa shape index (κ1) is 63.6. The number of hydrogen-bond donors (Lipinski definition) is 0. The normalized spacial score (nSPS) is 12.7. The number of rotatable bonds is 50. The summed E-state index contributed by atoms with van der Waals surface area (Å²) in [6.07, 6.45) is 71.5. The summed E-state index contributed by atoms with van der Waals surface area (Å²) in [5.74, 6) is -0.994. The molecule has 0 aromatic heterocycles. The predicted molar refractivity (Wildman–Crippen MR) is 288 cm³/mol. The Bertz CT molecular complexity index is 1300. The SMILES string of the molecule is CCCCC/C=C\C/C=C\C/C=C\C/C=C\CCCC(=O)OC(COC(=O)CCCCC/C=C\CCCCCCCCC)COC(=O)CCCCCCC/C=C\C=C/CCCCCCCCC. The molecule has 0 fully saturated rings. The molecule has 384 valence electrons. The van der Waals surface area contributed by atoms with Crippen LogP contribution in [0, 0.1) is 0 Å². The average Bonchev–Trinajstić information content (AvgIpc) is 3.33. The lowest BCUT2D eigenvalue weighted by atomic mass is 10.1. The van der Waals surface area contributed by atoms with Crippen LogP contribution in [0.3, 0.4) is 0 Å². The second-order valence-corrected chi connectivity index (χ2v) is 18.5. The van der Waals surface area contributed by atoms with Crippen LogP contribution in [0.2, 0.25) is 0 Å². The lowest BCUT2D eigenvalue weighted by Gasteiger charge is -2.18. The molecular formula is C61H104O6. The first-order valence-corrected chi connectivity index (χ1v) is 28.1. The van der Waals surface area contributed by atoms with E-state index < -0.39 is 6.10 Å². The summed E-state index contributed by atoms with van der Waals surface area (Å²) in [6.45, 7) is 6.54. The van der Waals surface area contributed by atoms with E-state index in [1.807, 2.05) is 0 Å². The fourth-order valence-electron chi connectivity index (χ4n) is 7.60. The summed E-state index contributed by atoms with van der Waals surface area (Å²) in [6, 6.07) is 0. The Kier molecular flexibility index (Phi) is 52.4. The Balaban J connectivity index is 4.51. The number of carbonyl (C=O) groups excluding carboxylic acids is 3. The molecule has 1 unspecified atom stereocenters. The lowest BCUT2D eigenvalue weighted by Crippen LogP contribution is -2.30. The van der Waals surface area contributed by atoms with E-state index in [0.29, 0.717) is 19.3 Å². The third kappa shape index (κ3) is 53.4. The van der Waals surface area contributed by atoms with E-state index in [1.54, 1.807) is 0 Å². The van der Waals surface area contributed by atoms with E-state index in [2.05, 4.69) is 106 Å². The summed E-state index contributed by atoms with van der Waals surface area (Å²) < 4.78 is 16.8. The van der Waals surface area contributed by atoms with Crippen LogP contribution in [0.15, 0.2) is 85.1 Å². The number of unbranched alkanes of at least 4 members (excludes halogenated alkanes) is 26. The highest BCUT2D eigenvalue weighted by Gasteiger charge is 2.19. The molecule has 0 N–H and O–H groups in total. The van der Waals surface area contributed by atoms with Gasteiger partial charge in [-0.25, -0.2) is 0 Å². The Morgan fingerprint density at radius 3 is 1.03 bits per heavy atom. The fourth-order valence-corrected chi connectivity index (χ4v) is 7.60. The highest BCUT2D eigenvalue weighted by atomic mass is 16.6. The maximum absolute atomic E-state index is 12.8. The molecule has 0 aromatic carbocycles. The number of hydrogen-bond acceptors (Lipinski definition) is 6. The molecule has 0 aliphatic carbocycles. The molecule has 0 aliphatic heterocycles. The van der Waals surface area contributed by atoms with Crippen molar-refractivity contribution in [1.82, 2.24) is 0 Å². The highest BCUT2D eigenvalue weighted by molar-refractivity contribution is 5.71. The molecular weight excluding hydrogens is 829 g/mol. The Morgan fingerprint density at radius 1 is 0.313 bits per heavy atom. The second kappa shape index (κ2) is 55.2. The van der Waals surface area contributed by atoms with Gasteiger partial charge in [0, 0.05) is 19.3 Å². The van der Waals surface area contributed by atoms with Gasteiger partial charge in [-0.3, -0.25) is 14.4 Å². The minimum Gasteiger partial charge on any atom is -0.462 e. The van der Waals surface area contributed by atoms with Crippen molar-refractivity contribution in [1.29, 1.82) is 0 Å². The van der Waals surface area contributed by atoms with Crippen molar-refractivity contribution >= 4 is 17.9 Å². The Morgan fingerprint density at radius 2 is 0.597 bits per heavy atom. The van der Waals surface area contributed by atoms with Crippen molar-refractivity contribution in [3.05, 3.63) is 85.1 Å². The summed E-state index contributed by atoms with van der Waals surface area (Å²) in [5, 5.41) is 0. The molecule has 0 aromatic rings. The smallest absolute Gasteiger partial charge is 0.306 e. The van der Waals surface area contributed by atoms with E-state index in [0.717, 1.165) is 96.3 Å². The number of carbonyl (C=O) groups is 3. The molecule has 67 heavy (non-hydrogen) atoms. The van der Waals surface area contributed by atoms with Gasteiger partial charge in [0.25, 0.3) is 0 Å². The molecule has 1 atom stereocenters. The first-order valence-electron chi connectivity index (χ1n) is 28.1. The van der Waals surface area contributed by atoms with Gasteiger partial charge in [-0.1, -0.05) is 221 Å². The van der Waals surface area contributed by atoms with Gasteiger partial charge in [-0.05, 0) is 109 Å². The topological polar surface area (TPSA) is 78.9 Å². The lowest BCUT2D eigenvalue weighted by molar-refractivity contribution is -0.167. The van der Waals surface area contributed by atoms with Crippen molar-refractivity contribution in [3.8, 4) is 0 Å². The molecule has 0 heterocycles. The van der Waals surface area contributed by atoms with Crippen molar-refractivity contribution in [3.63, 3.8) is 0 Å². The molecule has 0 radical (unpaired) electrons. The quantitative estimate of drug-likeness (QED) is 0.0199. The second-order valence-electron chi connectivity index (χ2n) is 18.5. The Labute approximate surface area is 414 Å². The number of allylic oxidation sites excluding steroid dienone is 14. The molecule has 0 amide bonds. The summed E-state index contributed by atoms with van der Waals surface area (Å²) in [5.41, 5.74) is 0. The van der Waals surface area contributed by atoms with Gasteiger partial charge >= 0.3 is 17.9 Å². The van der Waals surface area contributed by atoms with Crippen molar-refractivity contribution < 1.29 is 28.6 Å². The van der Waals surface area contributed by atoms with Crippen LogP contribution in [0.5, 0.6) is 0 Å². The van der Waals surface area contributed by atoms with E-state index in [-0.39, 0.29) is 37.5 Å². The largest absolute Gasteiger partial charge is 0.462 e. The van der Waals surface area contributed by atoms with Crippen LogP contribution in [-0.2, 0) is 28.6 Å². The molecule has 0 aliphatic rings. The van der Waals surface area contributed by atoms with Gasteiger partial charge in [0.15, 0.2) is 6.10 Å². The average molecular weight is 933 g/mol. The van der Waals surface area contributed by atoms with Gasteiger partial charge < -0.3 is 14.2 Å². The molecule has 0 rings (SSSR count). The van der Waals surface area contributed by atoms with Crippen molar-refractivity contribution in [2.75, 3.05) is 13.2 Å². The summed E-state index contributed by atoms with van der Waals surface area (Å²) in [4.78, 5) is 38.1. The van der Waals surface area contributed by atoms with Crippen molar-refractivity contribution in [2.24, 2.45) is 0 Å². The summed E-state index contributed by atoms with van der Waals surface area (Å²) >= 11 is 0. The van der Waals surface area contributed by atoms with Crippen molar-refractivity contribution in [2.45, 2.75) is 271 Å². The van der Waals surface area contributed by atoms with Crippen LogP contribution >= 0.6 is 0 Å². The maximum Gasteiger partial charge on any atom is 0.306 e. The first-order chi connectivity index (χ1) is 33.0. The third-order valence-corrected chi connectivity index (χ3v) is 11.9. The van der Waals surface area contributed by atoms with Crippen LogP contribution < -0.4 is 0 Å². The van der Waals surface area contributed by atoms with Crippen LogP contribution in [0.4, 0.5) is 0 Å². The maximum atomic E-state index is 12.8. The number of ether oxygens (including phenoxy) is 3. The van der Waals surface area contributed by atoms with Gasteiger partial charge in [-0.2, -0.15) is 0 Å².